The van der Waals surface area contributed by atoms with Gasteiger partial charge in [-0.3, -0.25) is 4.79 Å². The molecule has 4 nitrogen and oxygen atoms in total. The van der Waals surface area contributed by atoms with Crippen molar-refractivity contribution in [2.75, 3.05) is 13.2 Å². The van der Waals surface area contributed by atoms with Crippen LogP contribution < -0.4 is 0 Å². The zero-order valence-electron chi connectivity index (χ0n) is 15.3. The highest BCUT2D eigenvalue weighted by atomic mass is 16.6. The lowest BCUT2D eigenvalue weighted by Gasteiger charge is -2.19. The van der Waals surface area contributed by atoms with Gasteiger partial charge in [-0.1, -0.05) is 78.1 Å². The van der Waals surface area contributed by atoms with Crippen LogP contribution in [0.2, 0.25) is 0 Å². The van der Waals surface area contributed by atoms with Gasteiger partial charge in [-0.25, -0.2) is 0 Å². The van der Waals surface area contributed by atoms with Crippen LogP contribution in [0.15, 0.2) is 0 Å². The normalized spacial score (nSPS) is 12.6. The summed E-state index contributed by atoms with van der Waals surface area (Å²) in [5.41, 5.74) is 0. The Bertz CT molecular complexity index is 264. The van der Waals surface area contributed by atoms with Gasteiger partial charge in [-0.2, -0.15) is 0 Å². The Morgan fingerprint density at radius 1 is 0.783 bits per heavy atom. The van der Waals surface area contributed by atoms with Gasteiger partial charge in [-0.15, -0.1) is 0 Å². The summed E-state index contributed by atoms with van der Waals surface area (Å²) in [5.74, 6) is -0.332. The quantitative estimate of drug-likeness (QED) is 0.328. The predicted octanol–water partition coefficient (Wildman–Crippen LogP) is 4.22. The van der Waals surface area contributed by atoms with Gasteiger partial charge >= 0.3 is 5.97 Å². The maximum atomic E-state index is 12.3. The molecular weight excluding hydrogens is 292 g/mol. The van der Waals surface area contributed by atoms with Crippen molar-refractivity contribution in [2.45, 2.75) is 97.0 Å². The van der Waals surface area contributed by atoms with E-state index in [1.165, 1.54) is 44.9 Å². The molecule has 4 heteroatoms. The summed E-state index contributed by atoms with van der Waals surface area (Å²) in [6.45, 7) is 3.75. The van der Waals surface area contributed by atoms with Crippen LogP contribution in [-0.2, 0) is 9.53 Å². The summed E-state index contributed by atoms with van der Waals surface area (Å²) in [4.78, 5) is 12.3. The van der Waals surface area contributed by atoms with E-state index in [4.69, 9.17) is 14.9 Å². The van der Waals surface area contributed by atoms with Crippen molar-refractivity contribution >= 4 is 5.97 Å². The van der Waals surface area contributed by atoms with Crippen molar-refractivity contribution < 1.29 is 19.7 Å². The second-order valence-corrected chi connectivity index (χ2v) is 6.53. The molecule has 0 aromatic carbocycles. The summed E-state index contributed by atoms with van der Waals surface area (Å²) >= 11 is 0. The highest BCUT2D eigenvalue weighted by Gasteiger charge is 2.22. The first-order valence-electron chi connectivity index (χ1n) is 9.61. The predicted molar refractivity (Wildman–Crippen MR) is 94.3 cm³/mol. The van der Waals surface area contributed by atoms with Crippen LogP contribution in [0.25, 0.3) is 0 Å². The van der Waals surface area contributed by atoms with Crippen LogP contribution in [0.3, 0.4) is 0 Å². The number of esters is 1. The summed E-state index contributed by atoms with van der Waals surface area (Å²) in [5, 5.41) is 18.1. The molecule has 1 atom stereocenters. The number of rotatable bonds is 16. The average molecular weight is 331 g/mol. The molecule has 0 aliphatic rings. The molecule has 0 aliphatic carbocycles. The third-order valence-electron chi connectivity index (χ3n) is 4.34. The number of carbonyl (C=O) groups is 1. The maximum absolute atomic E-state index is 12.3. The Labute approximate surface area is 142 Å². The van der Waals surface area contributed by atoms with E-state index in [9.17, 15) is 4.79 Å². The van der Waals surface area contributed by atoms with Crippen molar-refractivity contribution in [3.05, 3.63) is 0 Å². The minimum Gasteiger partial charge on any atom is -0.457 e. The molecule has 0 rings (SSSR count). The van der Waals surface area contributed by atoms with Crippen molar-refractivity contribution in [1.82, 2.24) is 0 Å². The molecule has 0 radical (unpaired) electrons. The van der Waals surface area contributed by atoms with Gasteiger partial charge in [-0.05, 0) is 12.8 Å². The zero-order chi connectivity index (χ0) is 17.3. The third kappa shape index (κ3) is 12.5. The molecule has 0 heterocycles. The van der Waals surface area contributed by atoms with E-state index in [2.05, 4.69) is 13.8 Å². The van der Waals surface area contributed by atoms with E-state index in [-0.39, 0.29) is 25.1 Å². The van der Waals surface area contributed by atoms with Gasteiger partial charge < -0.3 is 14.9 Å². The van der Waals surface area contributed by atoms with Crippen LogP contribution in [0, 0.1) is 5.92 Å². The second kappa shape index (κ2) is 16.3. The Morgan fingerprint density at radius 3 is 1.70 bits per heavy atom. The monoisotopic (exact) mass is 330 g/mol. The van der Waals surface area contributed by atoms with Crippen LogP contribution in [0.1, 0.15) is 90.9 Å². The van der Waals surface area contributed by atoms with E-state index in [0.29, 0.717) is 0 Å². The Hall–Kier alpha value is -0.610. The van der Waals surface area contributed by atoms with Gasteiger partial charge in [0.15, 0.2) is 0 Å². The molecule has 0 spiro atoms. The summed E-state index contributed by atoms with van der Waals surface area (Å²) in [6.07, 6.45) is 12.8. The van der Waals surface area contributed by atoms with Crippen LogP contribution in [-0.4, -0.2) is 35.5 Å². The molecule has 0 bridgehead atoms. The molecule has 0 fully saturated rings. The van der Waals surface area contributed by atoms with Crippen molar-refractivity contribution in [2.24, 2.45) is 5.92 Å². The molecule has 0 amide bonds. The van der Waals surface area contributed by atoms with Crippen molar-refractivity contribution in [3.63, 3.8) is 0 Å². The number of carbonyl (C=O) groups excluding carboxylic acids is 1. The fraction of sp³-hybridized carbons (Fsp3) is 0.947. The first kappa shape index (κ1) is 22.4. The van der Waals surface area contributed by atoms with E-state index in [1.807, 2.05) is 0 Å². The molecule has 0 aromatic heterocycles. The highest BCUT2D eigenvalue weighted by molar-refractivity contribution is 5.72. The minimum atomic E-state index is -0.773. The van der Waals surface area contributed by atoms with Crippen LogP contribution >= 0.6 is 0 Å². The van der Waals surface area contributed by atoms with Crippen molar-refractivity contribution in [3.8, 4) is 0 Å². The average Bonchev–Trinajstić information content (AvgIpc) is 2.57. The first-order valence-corrected chi connectivity index (χ1v) is 9.61. The fourth-order valence-electron chi connectivity index (χ4n) is 2.76. The Balaban J connectivity index is 4.17. The lowest BCUT2D eigenvalue weighted by Crippen LogP contribution is -2.29. The van der Waals surface area contributed by atoms with E-state index in [1.54, 1.807) is 0 Å². The highest BCUT2D eigenvalue weighted by Crippen LogP contribution is 2.21. The number of aliphatic hydroxyl groups is 2. The molecule has 2 N–H and O–H groups in total. The number of hydrogen-bond acceptors (Lipinski definition) is 4. The SMILES string of the molecule is CCCCCCCCC(CCCCCC)C(=O)OC(CO)CO. The second-order valence-electron chi connectivity index (χ2n) is 6.53. The van der Waals surface area contributed by atoms with Gasteiger partial charge in [0.1, 0.15) is 6.10 Å². The maximum Gasteiger partial charge on any atom is 0.309 e. The minimum absolute atomic E-state index is 0.0846. The lowest BCUT2D eigenvalue weighted by atomic mass is 9.94. The molecule has 138 valence electrons. The van der Waals surface area contributed by atoms with Crippen molar-refractivity contribution in [1.29, 1.82) is 0 Å². The van der Waals surface area contributed by atoms with E-state index >= 15 is 0 Å². The molecule has 1 unspecified atom stereocenters. The zero-order valence-corrected chi connectivity index (χ0v) is 15.3. The van der Waals surface area contributed by atoms with Gasteiger partial charge in [0, 0.05) is 0 Å². The molecular formula is C19H38O4. The standard InChI is InChI=1S/C19H38O4/c1-3-5-7-9-10-12-14-17(13-11-8-6-4-2)19(22)23-18(15-20)16-21/h17-18,20-21H,3-16H2,1-2H3. The van der Waals surface area contributed by atoms with E-state index < -0.39 is 6.10 Å². The van der Waals surface area contributed by atoms with Gasteiger partial charge in [0.05, 0.1) is 19.1 Å². The number of aliphatic hydroxyl groups excluding tert-OH is 2. The molecule has 0 aliphatic heterocycles. The first-order chi connectivity index (χ1) is 11.2. The van der Waals surface area contributed by atoms with Gasteiger partial charge in [0.25, 0.3) is 0 Å². The number of hydrogen-bond donors (Lipinski definition) is 2. The fourth-order valence-corrected chi connectivity index (χ4v) is 2.76. The summed E-state index contributed by atoms with van der Waals surface area (Å²) in [6, 6.07) is 0. The lowest BCUT2D eigenvalue weighted by molar-refractivity contribution is -0.159. The largest absolute Gasteiger partial charge is 0.457 e. The summed E-state index contributed by atoms with van der Waals surface area (Å²) < 4.78 is 5.22. The molecule has 0 aromatic rings. The van der Waals surface area contributed by atoms with Gasteiger partial charge in [0.2, 0.25) is 0 Å². The molecule has 0 saturated carbocycles. The molecule has 0 saturated heterocycles. The Kier molecular flexibility index (Phi) is 15.8. The Morgan fingerprint density at radius 2 is 1.22 bits per heavy atom. The summed E-state index contributed by atoms with van der Waals surface area (Å²) in [7, 11) is 0. The smallest absolute Gasteiger partial charge is 0.309 e. The third-order valence-corrected chi connectivity index (χ3v) is 4.34. The van der Waals surface area contributed by atoms with Crippen LogP contribution in [0.5, 0.6) is 0 Å². The number of unbranched alkanes of at least 4 members (excludes halogenated alkanes) is 8. The van der Waals surface area contributed by atoms with Crippen LogP contribution in [0.4, 0.5) is 0 Å². The number of ether oxygens (including phenoxy) is 1. The molecule has 23 heavy (non-hydrogen) atoms. The van der Waals surface area contributed by atoms with E-state index in [0.717, 1.165) is 32.1 Å². The topological polar surface area (TPSA) is 66.8 Å².